The van der Waals surface area contributed by atoms with Crippen molar-refractivity contribution in [3.63, 3.8) is 0 Å². The summed E-state index contributed by atoms with van der Waals surface area (Å²) in [5.41, 5.74) is 6.82. The third kappa shape index (κ3) is 2.49. The van der Waals surface area contributed by atoms with E-state index in [-0.39, 0.29) is 0 Å². The van der Waals surface area contributed by atoms with Crippen LogP contribution in [0, 0.1) is 0 Å². The van der Waals surface area contributed by atoms with Crippen molar-refractivity contribution in [3.05, 3.63) is 11.5 Å². The summed E-state index contributed by atoms with van der Waals surface area (Å²) in [4.78, 5) is 2.22. The van der Waals surface area contributed by atoms with Gasteiger partial charge in [-0.2, -0.15) is 12.6 Å². The molecule has 0 aromatic heterocycles. The Labute approximate surface area is 78.6 Å². The predicted octanol–water partition coefficient (Wildman–Crippen LogP) is -0.874. The standard InChI is InChI=1S/C7H16N4S/c1-11-3-2-9-6(4-11)7(8)10-5-12/h9-10,12H,2-5,8H2,1H3/b7-6+. The molecular weight excluding hydrogens is 172 g/mol. The molecule has 0 saturated carbocycles. The molecule has 70 valence electrons. The van der Waals surface area contributed by atoms with Gasteiger partial charge in [0.25, 0.3) is 0 Å². The van der Waals surface area contributed by atoms with Crippen LogP contribution in [0.15, 0.2) is 11.5 Å². The Morgan fingerprint density at radius 3 is 3.17 bits per heavy atom. The Bertz CT molecular complexity index is 180. The second-order valence-corrected chi connectivity index (χ2v) is 3.21. The highest BCUT2D eigenvalue weighted by Gasteiger charge is 2.11. The van der Waals surface area contributed by atoms with Gasteiger partial charge in [-0.1, -0.05) is 0 Å². The third-order valence-electron chi connectivity index (χ3n) is 1.85. The molecule has 1 fully saturated rings. The van der Waals surface area contributed by atoms with E-state index in [9.17, 15) is 0 Å². The van der Waals surface area contributed by atoms with Crippen molar-refractivity contribution in [2.75, 3.05) is 32.6 Å². The number of rotatable bonds is 2. The van der Waals surface area contributed by atoms with E-state index >= 15 is 0 Å². The first kappa shape index (κ1) is 9.54. The molecule has 1 aliphatic heterocycles. The Kier molecular flexibility index (Phi) is 3.55. The average Bonchev–Trinajstić information content (AvgIpc) is 2.05. The minimum Gasteiger partial charge on any atom is -0.384 e. The number of hydrogen-bond donors (Lipinski definition) is 4. The van der Waals surface area contributed by atoms with Gasteiger partial charge in [0.15, 0.2) is 0 Å². The lowest BCUT2D eigenvalue weighted by Gasteiger charge is -2.27. The lowest BCUT2D eigenvalue weighted by atomic mass is 10.3. The van der Waals surface area contributed by atoms with Crippen molar-refractivity contribution in [1.82, 2.24) is 15.5 Å². The molecule has 0 amide bonds. The molecule has 12 heavy (non-hydrogen) atoms. The Morgan fingerprint density at radius 1 is 1.83 bits per heavy atom. The Hall–Kier alpha value is -0.550. The molecule has 1 rings (SSSR count). The van der Waals surface area contributed by atoms with Gasteiger partial charge in [-0.3, -0.25) is 4.90 Å². The van der Waals surface area contributed by atoms with Crippen LogP contribution in [0.25, 0.3) is 0 Å². The Balaban J connectivity index is 2.53. The minimum absolute atomic E-state index is 0.570. The molecule has 4 nitrogen and oxygen atoms in total. The van der Waals surface area contributed by atoms with E-state index in [1.807, 2.05) is 0 Å². The summed E-state index contributed by atoms with van der Waals surface area (Å²) in [5.74, 6) is 1.28. The van der Waals surface area contributed by atoms with Gasteiger partial charge in [-0.25, -0.2) is 0 Å². The van der Waals surface area contributed by atoms with E-state index in [4.69, 9.17) is 5.73 Å². The second-order valence-electron chi connectivity index (χ2n) is 2.89. The number of thiol groups is 1. The van der Waals surface area contributed by atoms with Crippen molar-refractivity contribution < 1.29 is 0 Å². The van der Waals surface area contributed by atoms with Gasteiger partial charge in [0.2, 0.25) is 0 Å². The van der Waals surface area contributed by atoms with Crippen LogP contribution in [-0.2, 0) is 0 Å². The van der Waals surface area contributed by atoms with Gasteiger partial charge in [0.05, 0.1) is 11.6 Å². The minimum atomic E-state index is 0.570. The highest BCUT2D eigenvalue weighted by molar-refractivity contribution is 7.80. The summed E-state index contributed by atoms with van der Waals surface area (Å²) in [6.45, 7) is 2.91. The van der Waals surface area contributed by atoms with Crippen LogP contribution in [0.5, 0.6) is 0 Å². The van der Waals surface area contributed by atoms with Crippen LogP contribution in [0.4, 0.5) is 0 Å². The molecule has 0 aromatic rings. The number of likely N-dealkylation sites (N-methyl/N-ethyl adjacent to an activating group) is 1. The lowest BCUT2D eigenvalue weighted by Crippen LogP contribution is -2.42. The third-order valence-corrected chi connectivity index (χ3v) is 2.01. The van der Waals surface area contributed by atoms with Gasteiger partial charge in [-0.05, 0) is 7.05 Å². The summed E-state index contributed by atoms with van der Waals surface area (Å²) in [5, 5.41) is 6.22. The SMILES string of the molecule is CN1CCN/C(=C(\N)NCS)C1. The molecule has 1 heterocycles. The number of nitrogens with one attached hydrogen (secondary N) is 2. The summed E-state index contributed by atoms with van der Waals surface area (Å²) in [6.07, 6.45) is 0. The number of piperazine rings is 1. The zero-order valence-electron chi connectivity index (χ0n) is 7.30. The van der Waals surface area contributed by atoms with Crippen molar-refractivity contribution in [3.8, 4) is 0 Å². The first-order valence-electron chi connectivity index (χ1n) is 4.00. The maximum absolute atomic E-state index is 5.75. The van der Waals surface area contributed by atoms with Crippen molar-refractivity contribution in [2.45, 2.75) is 0 Å². The van der Waals surface area contributed by atoms with Crippen molar-refractivity contribution in [1.29, 1.82) is 0 Å². The second kappa shape index (κ2) is 4.47. The van der Waals surface area contributed by atoms with E-state index in [0.717, 1.165) is 25.3 Å². The van der Waals surface area contributed by atoms with Crippen LogP contribution < -0.4 is 16.4 Å². The summed E-state index contributed by atoms with van der Waals surface area (Å²) < 4.78 is 0. The summed E-state index contributed by atoms with van der Waals surface area (Å²) in [7, 11) is 2.08. The van der Waals surface area contributed by atoms with Crippen LogP contribution in [0.3, 0.4) is 0 Å². The molecule has 4 N–H and O–H groups in total. The monoisotopic (exact) mass is 188 g/mol. The van der Waals surface area contributed by atoms with Crippen LogP contribution in [0.1, 0.15) is 0 Å². The number of nitrogens with two attached hydrogens (primary N) is 1. The molecule has 0 aliphatic carbocycles. The first-order chi connectivity index (χ1) is 5.74. The van der Waals surface area contributed by atoms with Gasteiger partial charge in [0.1, 0.15) is 5.82 Å². The maximum atomic E-state index is 5.75. The predicted molar refractivity (Wildman–Crippen MR) is 53.7 cm³/mol. The highest BCUT2D eigenvalue weighted by atomic mass is 32.1. The molecule has 0 bridgehead atoms. The van der Waals surface area contributed by atoms with Crippen LogP contribution in [-0.4, -0.2) is 37.5 Å². The molecule has 0 atom stereocenters. The lowest BCUT2D eigenvalue weighted by molar-refractivity contribution is 0.320. The highest BCUT2D eigenvalue weighted by Crippen LogP contribution is 2.00. The van der Waals surface area contributed by atoms with Crippen LogP contribution in [0.2, 0.25) is 0 Å². The zero-order valence-corrected chi connectivity index (χ0v) is 8.19. The largest absolute Gasteiger partial charge is 0.384 e. The molecule has 0 unspecified atom stereocenters. The van der Waals surface area contributed by atoms with E-state index in [2.05, 4.69) is 35.2 Å². The van der Waals surface area contributed by atoms with Gasteiger partial charge in [-0.15, -0.1) is 0 Å². The smallest absolute Gasteiger partial charge is 0.118 e. The average molecular weight is 188 g/mol. The number of hydrogen-bond acceptors (Lipinski definition) is 5. The van der Waals surface area contributed by atoms with E-state index in [1.165, 1.54) is 0 Å². The molecule has 0 aromatic carbocycles. The van der Waals surface area contributed by atoms with Gasteiger partial charge < -0.3 is 16.4 Å². The summed E-state index contributed by atoms with van der Waals surface area (Å²) >= 11 is 4.04. The Morgan fingerprint density at radius 2 is 2.58 bits per heavy atom. The quantitative estimate of drug-likeness (QED) is 0.336. The van der Waals surface area contributed by atoms with E-state index in [0.29, 0.717) is 11.7 Å². The topological polar surface area (TPSA) is 53.3 Å². The fourth-order valence-electron chi connectivity index (χ4n) is 1.17. The van der Waals surface area contributed by atoms with Gasteiger partial charge in [0, 0.05) is 19.6 Å². The van der Waals surface area contributed by atoms with E-state index < -0.39 is 0 Å². The summed E-state index contributed by atoms with van der Waals surface area (Å²) in [6, 6.07) is 0. The fourth-order valence-corrected chi connectivity index (χ4v) is 1.35. The van der Waals surface area contributed by atoms with E-state index in [1.54, 1.807) is 0 Å². The molecule has 5 heteroatoms. The fraction of sp³-hybridized carbons (Fsp3) is 0.714. The normalized spacial score (nSPS) is 23.2. The molecular formula is C7H16N4S. The molecule has 1 aliphatic rings. The maximum Gasteiger partial charge on any atom is 0.118 e. The van der Waals surface area contributed by atoms with Crippen LogP contribution >= 0.6 is 12.6 Å². The molecule has 1 saturated heterocycles. The zero-order chi connectivity index (χ0) is 8.97. The van der Waals surface area contributed by atoms with Gasteiger partial charge >= 0.3 is 0 Å². The van der Waals surface area contributed by atoms with Crippen molar-refractivity contribution >= 4 is 12.6 Å². The molecule has 0 spiro atoms. The number of nitrogens with zero attached hydrogens (tertiary/aromatic N) is 1. The first-order valence-corrected chi connectivity index (χ1v) is 4.63. The molecule has 0 radical (unpaired) electrons. The van der Waals surface area contributed by atoms with Crippen molar-refractivity contribution in [2.24, 2.45) is 5.73 Å².